The molecule has 8 heteroatoms. The predicted octanol–water partition coefficient (Wildman–Crippen LogP) is 4.45. The van der Waals surface area contributed by atoms with Crippen LogP contribution in [0.5, 0.6) is 0 Å². The molecule has 0 aliphatic carbocycles. The molecule has 26 heavy (non-hydrogen) atoms. The Hall–Kier alpha value is -2.61. The van der Waals surface area contributed by atoms with E-state index in [9.17, 15) is 22.8 Å². The normalized spacial score (nSPS) is 12.0. The lowest BCUT2D eigenvalue weighted by molar-refractivity contribution is -0.148. The molecule has 0 aromatic heterocycles. The Morgan fingerprint density at radius 2 is 1.73 bits per heavy atom. The van der Waals surface area contributed by atoms with Gasteiger partial charge in [0.25, 0.3) is 5.91 Å². The summed E-state index contributed by atoms with van der Waals surface area (Å²) in [7, 11) is 0. The highest BCUT2D eigenvalue weighted by molar-refractivity contribution is 9.10. The van der Waals surface area contributed by atoms with Crippen molar-refractivity contribution in [2.45, 2.75) is 13.0 Å². The maximum atomic E-state index is 13.5. The van der Waals surface area contributed by atoms with Gasteiger partial charge in [-0.2, -0.15) is 0 Å². The van der Waals surface area contributed by atoms with E-state index >= 15 is 0 Å². The van der Waals surface area contributed by atoms with Crippen LogP contribution in [0.25, 0.3) is 6.08 Å². The summed E-state index contributed by atoms with van der Waals surface area (Å²) in [5.41, 5.74) is 0.188. The molecule has 136 valence electrons. The molecular weight excluding hydrogens is 415 g/mol. The summed E-state index contributed by atoms with van der Waals surface area (Å²) >= 11 is 3.28. The van der Waals surface area contributed by atoms with E-state index in [1.165, 1.54) is 13.0 Å². The molecule has 0 spiro atoms. The molecule has 0 saturated heterocycles. The standard InChI is InChI=1S/C18H13BrF3NO3/c1-10(18(25)23-14-8-7-13(20)16(21)17(14)22)26-15(24)9-4-11-2-5-12(19)6-3-11/h2-10H,1H3,(H,23,25)/b9-4+. The SMILES string of the molecule is CC(OC(=O)/C=C/c1ccc(Br)cc1)C(=O)Nc1ccc(F)c(F)c1F. The monoisotopic (exact) mass is 427 g/mol. The Morgan fingerprint density at radius 1 is 1.08 bits per heavy atom. The first-order chi connectivity index (χ1) is 12.3. The Labute approximate surface area is 155 Å². The van der Waals surface area contributed by atoms with Crippen molar-refractivity contribution in [3.8, 4) is 0 Å². The van der Waals surface area contributed by atoms with Crippen molar-refractivity contribution in [1.29, 1.82) is 0 Å². The Morgan fingerprint density at radius 3 is 2.38 bits per heavy atom. The number of benzene rings is 2. The molecule has 0 fully saturated rings. The third-order valence-corrected chi connectivity index (χ3v) is 3.77. The fourth-order valence-electron chi connectivity index (χ4n) is 1.86. The van der Waals surface area contributed by atoms with Crippen molar-refractivity contribution >= 4 is 39.6 Å². The summed E-state index contributed by atoms with van der Waals surface area (Å²) in [6.45, 7) is 1.26. The third kappa shape index (κ3) is 5.19. The van der Waals surface area contributed by atoms with Gasteiger partial charge in [-0.15, -0.1) is 0 Å². The quantitative estimate of drug-likeness (QED) is 0.435. The maximum Gasteiger partial charge on any atom is 0.331 e. The van der Waals surface area contributed by atoms with E-state index in [1.54, 1.807) is 24.3 Å². The van der Waals surface area contributed by atoms with Crippen LogP contribution in [-0.2, 0) is 14.3 Å². The van der Waals surface area contributed by atoms with Crippen LogP contribution in [-0.4, -0.2) is 18.0 Å². The van der Waals surface area contributed by atoms with Crippen molar-refractivity contribution in [2.75, 3.05) is 5.32 Å². The summed E-state index contributed by atoms with van der Waals surface area (Å²) in [6, 6.07) is 8.64. The summed E-state index contributed by atoms with van der Waals surface area (Å²) < 4.78 is 45.3. The summed E-state index contributed by atoms with van der Waals surface area (Å²) in [6.07, 6.45) is 1.35. The van der Waals surface area contributed by atoms with Crippen LogP contribution in [0.1, 0.15) is 12.5 Å². The molecule has 0 aliphatic rings. The van der Waals surface area contributed by atoms with Crippen molar-refractivity contribution in [1.82, 2.24) is 0 Å². The minimum atomic E-state index is -1.70. The highest BCUT2D eigenvalue weighted by atomic mass is 79.9. The summed E-state index contributed by atoms with van der Waals surface area (Å²) in [5, 5.41) is 2.04. The highest BCUT2D eigenvalue weighted by Gasteiger charge is 2.20. The average Bonchev–Trinajstić information content (AvgIpc) is 2.61. The zero-order chi connectivity index (χ0) is 19.3. The first kappa shape index (κ1) is 19.7. The van der Waals surface area contributed by atoms with Gasteiger partial charge in [-0.1, -0.05) is 28.1 Å². The van der Waals surface area contributed by atoms with Crippen LogP contribution >= 0.6 is 15.9 Å². The number of carbonyl (C=O) groups is 2. The molecule has 1 amide bonds. The number of hydrogen-bond donors (Lipinski definition) is 1. The molecule has 0 aliphatic heterocycles. The van der Waals surface area contributed by atoms with Crippen LogP contribution in [0.3, 0.4) is 0 Å². The largest absolute Gasteiger partial charge is 0.449 e. The molecule has 1 atom stereocenters. The third-order valence-electron chi connectivity index (χ3n) is 3.24. The van der Waals surface area contributed by atoms with Gasteiger partial charge in [0.1, 0.15) is 0 Å². The number of rotatable bonds is 5. The van der Waals surface area contributed by atoms with Crippen LogP contribution in [0.15, 0.2) is 46.9 Å². The van der Waals surface area contributed by atoms with Crippen LogP contribution in [0, 0.1) is 17.5 Å². The van der Waals surface area contributed by atoms with Gasteiger partial charge >= 0.3 is 5.97 Å². The minimum Gasteiger partial charge on any atom is -0.449 e. The lowest BCUT2D eigenvalue weighted by Gasteiger charge is -2.13. The number of nitrogens with one attached hydrogen (secondary N) is 1. The summed E-state index contributed by atoms with van der Waals surface area (Å²) in [5.74, 6) is -6.29. The minimum absolute atomic E-state index is 0.554. The maximum absolute atomic E-state index is 13.5. The number of esters is 1. The van der Waals surface area contributed by atoms with Crippen LogP contribution in [0.2, 0.25) is 0 Å². The van der Waals surface area contributed by atoms with E-state index < -0.39 is 41.1 Å². The zero-order valence-corrected chi connectivity index (χ0v) is 15.0. The van der Waals surface area contributed by atoms with E-state index in [0.717, 1.165) is 22.2 Å². The van der Waals surface area contributed by atoms with Gasteiger partial charge in [0.05, 0.1) is 5.69 Å². The highest BCUT2D eigenvalue weighted by Crippen LogP contribution is 2.20. The van der Waals surface area contributed by atoms with Gasteiger partial charge < -0.3 is 10.1 Å². The Bertz CT molecular complexity index is 854. The van der Waals surface area contributed by atoms with Crippen molar-refractivity contribution in [2.24, 2.45) is 0 Å². The molecule has 4 nitrogen and oxygen atoms in total. The molecule has 2 aromatic carbocycles. The predicted molar refractivity (Wildman–Crippen MR) is 93.7 cm³/mol. The molecule has 1 N–H and O–H groups in total. The lowest BCUT2D eigenvalue weighted by Crippen LogP contribution is -2.29. The van der Waals surface area contributed by atoms with Gasteiger partial charge in [-0.3, -0.25) is 4.79 Å². The first-order valence-electron chi connectivity index (χ1n) is 7.36. The molecule has 2 aromatic rings. The van der Waals surface area contributed by atoms with Crippen molar-refractivity contribution < 1.29 is 27.5 Å². The molecular formula is C18H13BrF3NO3. The van der Waals surface area contributed by atoms with E-state index in [-0.39, 0.29) is 0 Å². The second kappa shape index (κ2) is 8.66. The Balaban J connectivity index is 1.95. The number of hydrogen-bond acceptors (Lipinski definition) is 3. The van der Waals surface area contributed by atoms with Gasteiger partial charge in [0, 0.05) is 10.5 Å². The van der Waals surface area contributed by atoms with E-state index in [1.807, 2.05) is 5.32 Å². The number of anilines is 1. The molecule has 1 unspecified atom stereocenters. The number of carbonyl (C=O) groups excluding carboxylic acids is 2. The van der Waals surface area contributed by atoms with E-state index in [4.69, 9.17) is 4.74 Å². The first-order valence-corrected chi connectivity index (χ1v) is 8.16. The molecule has 2 rings (SSSR count). The summed E-state index contributed by atoms with van der Waals surface area (Å²) in [4.78, 5) is 23.6. The second-order valence-corrected chi connectivity index (χ2v) is 6.09. The van der Waals surface area contributed by atoms with E-state index in [0.29, 0.717) is 6.07 Å². The smallest absolute Gasteiger partial charge is 0.331 e. The van der Waals surface area contributed by atoms with Gasteiger partial charge in [-0.25, -0.2) is 18.0 Å². The average molecular weight is 428 g/mol. The number of halogens is 4. The second-order valence-electron chi connectivity index (χ2n) is 5.18. The van der Waals surface area contributed by atoms with Gasteiger partial charge in [-0.05, 0) is 42.8 Å². The van der Waals surface area contributed by atoms with Crippen LogP contribution in [0.4, 0.5) is 18.9 Å². The topological polar surface area (TPSA) is 55.4 Å². The molecule has 0 radical (unpaired) electrons. The van der Waals surface area contributed by atoms with Crippen LogP contribution < -0.4 is 5.32 Å². The molecule has 0 heterocycles. The Kier molecular flexibility index (Phi) is 6.57. The van der Waals surface area contributed by atoms with Gasteiger partial charge in [0.15, 0.2) is 23.6 Å². The molecule has 0 bridgehead atoms. The fraction of sp³-hybridized carbons (Fsp3) is 0.111. The van der Waals surface area contributed by atoms with E-state index in [2.05, 4.69) is 15.9 Å². The molecule has 0 saturated carbocycles. The van der Waals surface area contributed by atoms with Gasteiger partial charge in [0.2, 0.25) is 0 Å². The zero-order valence-electron chi connectivity index (χ0n) is 13.4. The van der Waals surface area contributed by atoms with Crippen molar-refractivity contribution in [3.05, 3.63) is 70.0 Å². The number of ether oxygens (including phenoxy) is 1. The number of amides is 1. The van der Waals surface area contributed by atoms with Crippen molar-refractivity contribution in [3.63, 3.8) is 0 Å². The fourth-order valence-corrected chi connectivity index (χ4v) is 2.13. The lowest BCUT2D eigenvalue weighted by atomic mass is 10.2.